The topological polar surface area (TPSA) is 70.1 Å². The number of carbonyl (C=O) groups excluding carboxylic acids is 1. The molecule has 1 aromatic carbocycles. The normalized spacial score (nSPS) is 9.95. The molecule has 0 aliphatic rings. The summed E-state index contributed by atoms with van der Waals surface area (Å²) in [4.78, 5) is 11.4. The van der Waals surface area contributed by atoms with Crippen LogP contribution in [0.5, 0.6) is 0 Å². The largest absolute Gasteiger partial charge is 0.465 e. The zero-order valence-electron chi connectivity index (χ0n) is 10.9. The van der Waals surface area contributed by atoms with Gasteiger partial charge in [0, 0.05) is 18.3 Å². The molecule has 0 saturated carbocycles. The Morgan fingerprint density at radius 1 is 1.45 bits per heavy atom. The molecule has 0 unspecified atom stereocenters. The fourth-order valence-electron chi connectivity index (χ4n) is 1.74. The van der Waals surface area contributed by atoms with Crippen LogP contribution >= 0.6 is 12.4 Å². The fraction of sp³-hybridized carbons (Fsp3) is 0.231. The second-order valence-corrected chi connectivity index (χ2v) is 3.97. The van der Waals surface area contributed by atoms with Crippen molar-refractivity contribution in [1.29, 1.82) is 0 Å². The van der Waals surface area contributed by atoms with Crippen LogP contribution in [0.15, 0.2) is 30.6 Å². The molecule has 5 nitrogen and oxygen atoms in total. The molecule has 0 atom stereocenters. The number of carbonyl (C=O) groups is 1. The summed E-state index contributed by atoms with van der Waals surface area (Å²) in [6, 6.07) is 4.28. The van der Waals surface area contributed by atoms with Gasteiger partial charge >= 0.3 is 5.97 Å². The van der Waals surface area contributed by atoms with Crippen molar-refractivity contribution in [1.82, 2.24) is 9.78 Å². The maximum absolute atomic E-state index is 13.5. The highest BCUT2D eigenvalue weighted by molar-refractivity contribution is 5.91. The number of esters is 1. The van der Waals surface area contributed by atoms with E-state index < -0.39 is 11.8 Å². The van der Waals surface area contributed by atoms with Gasteiger partial charge in [-0.15, -0.1) is 12.4 Å². The standard InChI is InChI=1S/C13H14FN3O2.ClH/c1-19-13(18)11-6-9(2-3-12(11)14)10-7-16-17(8-10)5-4-15;/h2-3,6-8H,4-5,15H2,1H3;1H. The number of rotatable bonds is 4. The lowest BCUT2D eigenvalue weighted by Gasteiger charge is -2.03. The van der Waals surface area contributed by atoms with E-state index in [4.69, 9.17) is 5.73 Å². The highest BCUT2D eigenvalue weighted by Crippen LogP contribution is 2.22. The molecule has 0 aliphatic carbocycles. The number of nitrogens with zero attached hydrogens (tertiary/aromatic N) is 2. The van der Waals surface area contributed by atoms with Crippen molar-refractivity contribution in [2.45, 2.75) is 6.54 Å². The third kappa shape index (κ3) is 3.34. The van der Waals surface area contributed by atoms with Crippen LogP contribution in [0.4, 0.5) is 4.39 Å². The molecule has 1 heterocycles. The third-order valence-corrected chi connectivity index (χ3v) is 2.70. The predicted molar refractivity (Wildman–Crippen MR) is 75.3 cm³/mol. The summed E-state index contributed by atoms with van der Waals surface area (Å²) in [6.45, 7) is 1.09. The maximum Gasteiger partial charge on any atom is 0.340 e. The lowest BCUT2D eigenvalue weighted by Crippen LogP contribution is -2.09. The van der Waals surface area contributed by atoms with Crippen LogP contribution in [-0.2, 0) is 11.3 Å². The van der Waals surface area contributed by atoms with Crippen molar-refractivity contribution in [3.05, 3.63) is 42.0 Å². The number of hydrogen-bond donors (Lipinski definition) is 1. The van der Waals surface area contributed by atoms with Crippen molar-refractivity contribution >= 4 is 18.4 Å². The van der Waals surface area contributed by atoms with Gasteiger partial charge in [-0.3, -0.25) is 4.68 Å². The van der Waals surface area contributed by atoms with Gasteiger partial charge in [-0.25, -0.2) is 9.18 Å². The first-order valence-corrected chi connectivity index (χ1v) is 5.76. The highest BCUT2D eigenvalue weighted by Gasteiger charge is 2.13. The Morgan fingerprint density at radius 3 is 2.85 bits per heavy atom. The number of ether oxygens (including phenoxy) is 1. The van der Waals surface area contributed by atoms with Gasteiger partial charge in [0.2, 0.25) is 0 Å². The average molecular weight is 300 g/mol. The van der Waals surface area contributed by atoms with E-state index in [1.165, 1.54) is 19.2 Å². The summed E-state index contributed by atoms with van der Waals surface area (Å²) in [6.07, 6.45) is 3.44. The molecule has 0 aliphatic heterocycles. The summed E-state index contributed by atoms with van der Waals surface area (Å²) in [5.41, 5.74) is 6.84. The first-order chi connectivity index (χ1) is 9.15. The van der Waals surface area contributed by atoms with Crippen LogP contribution in [0, 0.1) is 5.82 Å². The van der Waals surface area contributed by atoms with Crippen molar-refractivity contribution in [2.75, 3.05) is 13.7 Å². The average Bonchev–Trinajstić information content (AvgIpc) is 2.87. The van der Waals surface area contributed by atoms with E-state index in [0.29, 0.717) is 18.7 Å². The third-order valence-electron chi connectivity index (χ3n) is 2.70. The smallest absolute Gasteiger partial charge is 0.340 e. The monoisotopic (exact) mass is 299 g/mol. The number of benzene rings is 1. The molecule has 108 valence electrons. The van der Waals surface area contributed by atoms with Crippen molar-refractivity contribution in [3.8, 4) is 11.1 Å². The Hall–Kier alpha value is -1.92. The number of halogens is 2. The minimum atomic E-state index is -0.700. The van der Waals surface area contributed by atoms with Crippen LogP contribution < -0.4 is 5.73 Å². The molecule has 2 rings (SSSR count). The molecule has 0 bridgehead atoms. The molecule has 0 amide bonds. The Labute approximate surface area is 121 Å². The molecule has 0 spiro atoms. The summed E-state index contributed by atoms with van der Waals surface area (Å²) in [5, 5.41) is 4.13. The minimum Gasteiger partial charge on any atom is -0.465 e. The van der Waals surface area contributed by atoms with Gasteiger partial charge in [0.05, 0.1) is 25.4 Å². The number of aromatic nitrogens is 2. The van der Waals surface area contributed by atoms with Gasteiger partial charge in [0.25, 0.3) is 0 Å². The van der Waals surface area contributed by atoms with Crippen molar-refractivity contribution in [3.63, 3.8) is 0 Å². The molecule has 7 heteroatoms. The van der Waals surface area contributed by atoms with Gasteiger partial charge in [-0.2, -0.15) is 5.10 Å². The van der Waals surface area contributed by atoms with E-state index in [2.05, 4.69) is 9.84 Å². The van der Waals surface area contributed by atoms with Crippen LogP contribution in [0.1, 0.15) is 10.4 Å². The molecule has 0 radical (unpaired) electrons. The van der Waals surface area contributed by atoms with Gasteiger partial charge < -0.3 is 10.5 Å². The Balaban J connectivity index is 0.00000200. The quantitative estimate of drug-likeness (QED) is 0.875. The van der Waals surface area contributed by atoms with E-state index in [0.717, 1.165) is 5.56 Å². The number of methoxy groups -OCH3 is 1. The van der Waals surface area contributed by atoms with Gasteiger partial charge in [-0.05, 0) is 17.7 Å². The summed E-state index contributed by atoms with van der Waals surface area (Å²) >= 11 is 0. The van der Waals surface area contributed by atoms with Gasteiger partial charge in [0.15, 0.2) is 0 Å². The van der Waals surface area contributed by atoms with E-state index in [1.807, 2.05) is 0 Å². The Morgan fingerprint density at radius 2 is 2.20 bits per heavy atom. The molecular weight excluding hydrogens is 285 g/mol. The van der Waals surface area contributed by atoms with E-state index in [9.17, 15) is 9.18 Å². The first-order valence-electron chi connectivity index (χ1n) is 5.76. The van der Waals surface area contributed by atoms with Crippen molar-refractivity contribution < 1.29 is 13.9 Å². The van der Waals surface area contributed by atoms with Crippen LogP contribution in [0.3, 0.4) is 0 Å². The Kier molecular flexibility index (Phi) is 5.66. The van der Waals surface area contributed by atoms with Crippen molar-refractivity contribution in [2.24, 2.45) is 5.73 Å². The summed E-state index contributed by atoms with van der Waals surface area (Å²) < 4.78 is 19.7. The van der Waals surface area contributed by atoms with Crippen LogP contribution in [-0.4, -0.2) is 29.4 Å². The summed E-state index contributed by atoms with van der Waals surface area (Å²) in [7, 11) is 1.22. The number of nitrogens with two attached hydrogens (primary N) is 1. The molecular formula is C13H15ClFN3O2. The molecule has 2 aromatic rings. The fourth-order valence-corrected chi connectivity index (χ4v) is 1.74. The lowest BCUT2D eigenvalue weighted by atomic mass is 10.1. The maximum atomic E-state index is 13.5. The zero-order valence-corrected chi connectivity index (χ0v) is 11.7. The molecule has 1 aromatic heterocycles. The van der Waals surface area contributed by atoms with Gasteiger partial charge in [0.1, 0.15) is 5.82 Å². The summed E-state index contributed by atoms with van der Waals surface area (Å²) in [5.74, 6) is -1.31. The predicted octanol–water partition coefficient (Wildman–Crippen LogP) is 1.86. The molecule has 20 heavy (non-hydrogen) atoms. The first kappa shape index (κ1) is 16.1. The van der Waals surface area contributed by atoms with E-state index >= 15 is 0 Å². The van der Waals surface area contributed by atoms with E-state index in [-0.39, 0.29) is 18.0 Å². The SMILES string of the molecule is COC(=O)c1cc(-c2cnn(CCN)c2)ccc1F.Cl. The molecule has 0 saturated heterocycles. The second kappa shape index (κ2) is 7.02. The highest BCUT2D eigenvalue weighted by atomic mass is 35.5. The second-order valence-electron chi connectivity index (χ2n) is 3.97. The molecule has 0 fully saturated rings. The van der Waals surface area contributed by atoms with Gasteiger partial charge in [-0.1, -0.05) is 6.07 Å². The minimum absolute atomic E-state index is 0. The Bertz CT molecular complexity index is 601. The molecule has 2 N–H and O–H groups in total. The van der Waals surface area contributed by atoms with Crippen LogP contribution in [0.2, 0.25) is 0 Å². The van der Waals surface area contributed by atoms with E-state index in [1.54, 1.807) is 23.1 Å². The zero-order chi connectivity index (χ0) is 13.8. The number of hydrogen-bond acceptors (Lipinski definition) is 4. The van der Waals surface area contributed by atoms with Crippen LogP contribution in [0.25, 0.3) is 11.1 Å². The lowest BCUT2D eigenvalue weighted by molar-refractivity contribution is 0.0595.